The predicted octanol–water partition coefficient (Wildman–Crippen LogP) is 11.0. The number of para-hydroxylation sites is 2. The number of fused-ring (bicyclic) bond motifs is 10. The average Bonchev–Trinajstić information content (AvgIpc) is 3.79. The van der Waals surface area contributed by atoms with Gasteiger partial charge in [0, 0.05) is 53.7 Å². The molecule has 0 spiro atoms. The third-order valence-corrected chi connectivity index (χ3v) is 9.74. The van der Waals surface area contributed by atoms with Crippen molar-refractivity contribution in [2.45, 2.75) is 0 Å². The minimum absolute atomic E-state index is 0.609. The Morgan fingerprint density at radius 2 is 1.07 bits per heavy atom. The third kappa shape index (κ3) is 3.70. The van der Waals surface area contributed by atoms with Crippen LogP contribution < -0.4 is 0 Å². The van der Waals surface area contributed by atoms with Gasteiger partial charge < -0.3 is 8.83 Å². The largest absolute Gasteiger partial charge is 0.456 e. The number of benzene rings is 6. The molecular formula is C39H21N3O2S. The van der Waals surface area contributed by atoms with E-state index in [1.165, 1.54) is 10.1 Å². The maximum Gasteiger partial charge on any atom is 0.165 e. The minimum atomic E-state index is 0.609. The first-order valence-corrected chi connectivity index (χ1v) is 15.6. The Balaban J connectivity index is 1.30. The summed E-state index contributed by atoms with van der Waals surface area (Å²) in [4.78, 5) is 15.3. The van der Waals surface area contributed by atoms with Crippen molar-refractivity contribution >= 4 is 75.4 Å². The van der Waals surface area contributed by atoms with Gasteiger partial charge in [-0.1, -0.05) is 84.9 Å². The van der Waals surface area contributed by atoms with Crippen LogP contribution in [0.2, 0.25) is 0 Å². The summed E-state index contributed by atoms with van der Waals surface area (Å²) in [6, 6.07) is 43.3. The van der Waals surface area contributed by atoms with Crippen molar-refractivity contribution < 1.29 is 8.83 Å². The second-order valence-electron chi connectivity index (χ2n) is 11.2. The van der Waals surface area contributed by atoms with Crippen LogP contribution in [-0.4, -0.2) is 15.0 Å². The van der Waals surface area contributed by atoms with E-state index in [-0.39, 0.29) is 0 Å². The normalized spacial score (nSPS) is 12.0. The van der Waals surface area contributed by atoms with Crippen molar-refractivity contribution in [2.24, 2.45) is 0 Å². The molecule has 0 radical (unpaired) electrons. The fourth-order valence-electron chi connectivity index (χ4n) is 6.44. The number of furan rings is 2. The van der Waals surface area contributed by atoms with Gasteiger partial charge in [0.15, 0.2) is 17.5 Å². The van der Waals surface area contributed by atoms with Crippen molar-refractivity contribution in [3.05, 3.63) is 127 Å². The zero-order chi connectivity index (χ0) is 29.5. The molecule has 6 aromatic carbocycles. The molecule has 4 aromatic heterocycles. The Bertz CT molecular complexity index is 2770. The maximum atomic E-state index is 6.52. The molecule has 0 bridgehead atoms. The summed E-state index contributed by atoms with van der Waals surface area (Å²) < 4.78 is 14.9. The van der Waals surface area contributed by atoms with Crippen LogP contribution in [0.25, 0.3) is 98.2 Å². The Hall–Kier alpha value is -5.85. The first-order chi connectivity index (χ1) is 22.3. The lowest BCUT2D eigenvalue weighted by molar-refractivity contribution is 0.669. The zero-order valence-electron chi connectivity index (χ0n) is 23.7. The number of rotatable bonds is 3. The first-order valence-electron chi connectivity index (χ1n) is 14.8. The van der Waals surface area contributed by atoms with E-state index in [0.717, 1.165) is 70.7 Å². The SMILES string of the molecule is c1ccc(-c2nc(-c3ccc4oc5ccccc5c4c3)nc(-c3cc4c5ccccc5oc4c4c3sc3ccccc34)n2)cc1. The van der Waals surface area contributed by atoms with Gasteiger partial charge in [0.25, 0.3) is 0 Å². The molecule has 0 amide bonds. The van der Waals surface area contributed by atoms with E-state index in [1.54, 1.807) is 11.3 Å². The van der Waals surface area contributed by atoms with Crippen LogP contribution in [-0.2, 0) is 0 Å². The third-order valence-electron chi connectivity index (χ3n) is 8.53. The topological polar surface area (TPSA) is 65.0 Å². The molecule has 4 heterocycles. The lowest BCUT2D eigenvalue weighted by Gasteiger charge is -2.10. The summed E-state index contributed by atoms with van der Waals surface area (Å²) in [5.74, 6) is 1.86. The summed E-state index contributed by atoms with van der Waals surface area (Å²) in [5, 5.41) is 6.47. The van der Waals surface area contributed by atoms with Gasteiger partial charge in [0.1, 0.15) is 22.3 Å². The van der Waals surface area contributed by atoms with Gasteiger partial charge in [0.2, 0.25) is 0 Å². The second-order valence-corrected chi connectivity index (χ2v) is 12.2. The highest BCUT2D eigenvalue weighted by Gasteiger charge is 2.22. The van der Waals surface area contributed by atoms with Crippen LogP contribution in [0.15, 0.2) is 136 Å². The highest BCUT2D eigenvalue weighted by molar-refractivity contribution is 7.26. The van der Waals surface area contributed by atoms with Crippen molar-refractivity contribution in [1.29, 1.82) is 0 Å². The Labute approximate surface area is 260 Å². The van der Waals surface area contributed by atoms with Crippen LogP contribution in [0, 0.1) is 0 Å². The number of nitrogens with zero attached hydrogens (tertiary/aromatic N) is 3. The van der Waals surface area contributed by atoms with E-state index in [0.29, 0.717) is 17.5 Å². The van der Waals surface area contributed by atoms with E-state index in [4.69, 9.17) is 23.8 Å². The van der Waals surface area contributed by atoms with Gasteiger partial charge in [-0.3, -0.25) is 0 Å². The molecule has 0 saturated heterocycles. The van der Waals surface area contributed by atoms with Crippen LogP contribution in [0.5, 0.6) is 0 Å². The molecule has 0 fully saturated rings. The van der Waals surface area contributed by atoms with Crippen LogP contribution in [0.4, 0.5) is 0 Å². The smallest absolute Gasteiger partial charge is 0.165 e. The molecule has 6 heteroatoms. The Morgan fingerprint density at radius 3 is 1.89 bits per heavy atom. The fraction of sp³-hybridized carbons (Fsp3) is 0. The van der Waals surface area contributed by atoms with Gasteiger partial charge in [-0.2, -0.15) is 0 Å². The molecule has 10 rings (SSSR count). The van der Waals surface area contributed by atoms with Crippen LogP contribution >= 0.6 is 11.3 Å². The lowest BCUT2D eigenvalue weighted by Crippen LogP contribution is -2.00. The molecule has 5 nitrogen and oxygen atoms in total. The molecule has 45 heavy (non-hydrogen) atoms. The highest BCUT2D eigenvalue weighted by Crippen LogP contribution is 2.46. The molecule has 0 aliphatic heterocycles. The summed E-state index contributed by atoms with van der Waals surface area (Å²) in [5.41, 5.74) is 6.24. The van der Waals surface area contributed by atoms with Crippen LogP contribution in [0.3, 0.4) is 0 Å². The van der Waals surface area contributed by atoms with E-state index in [2.05, 4.69) is 54.6 Å². The fourth-order valence-corrected chi connectivity index (χ4v) is 7.65. The van der Waals surface area contributed by atoms with Gasteiger partial charge in [0.05, 0.1) is 4.70 Å². The highest BCUT2D eigenvalue weighted by atomic mass is 32.1. The summed E-state index contributed by atoms with van der Waals surface area (Å²) >= 11 is 1.74. The predicted molar refractivity (Wildman–Crippen MR) is 184 cm³/mol. The van der Waals surface area contributed by atoms with Crippen molar-refractivity contribution in [2.75, 3.05) is 0 Å². The van der Waals surface area contributed by atoms with Gasteiger partial charge in [-0.25, -0.2) is 15.0 Å². The number of hydrogen-bond donors (Lipinski definition) is 0. The minimum Gasteiger partial charge on any atom is -0.456 e. The number of thiophene rings is 1. The summed E-state index contributed by atoms with van der Waals surface area (Å²) in [7, 11) is 0. The lowest BCUT2D eigenvalue weighted by atomic mass is 10.0. The Morgan fingerprint density at radius 1 is 0.444 bits per heavy atom. The molecule has 0 aliphatic rings. The summed E-state index contributed by atoms with van der Waals surface area (Å²) in [6.07, 6.45) is 0. The standard InChI is InChI=1S/C39H21N3O2S/c1-2-10-22(11-3-1)37-40-38(23-18-19-32-27(20-23)24-12-4-7-15-30(24)43-32)42-39(41-37)29-21-28-25-13-5-8-16-31(25)44-35(28)34-26-14-6-9-17-33(26)45-36(29)34/h1-21H. The molecule has 0 saturated carbocycles. The molecule has 210 valence electrons. The second kappa shape index (κ2) is 9.32. The van der Waals surface area contributed by atoms with Gasteiger partial charge >= 0.3 is 0 Å². The first kappa shape index (κ1) is 24.6. The van der Waals surface area contributed by atoms with Gasteiger partial charge in [-0.05, 0) is 42.5 Å². The molecule has 0 N–H and O–H groups in total. The van der Waals surface area contributed by atoms with Gasteiger partial charge in [-0.15, -0.1) is 11.3 Å². The quantitative estimate of drug-likeness (QED) is 0.203. The van der Waals surface area contributed by atoms with Crippen LogP contribution in [0.1, 0.15) is 0 Å². The maximum absolute atomic E-state index is 6.52. The monoisotopic (exact) mass is 595 g/mol. The molecule has 0 atom stereocenters. The number of aromatic nitrogens is 3. The van der Waals surface area contributed by atoms with Crippen molar-refractivity contribution in [3.63, 3.8) is 0 Å². The molecule has 0 unspecified atom stereocenters. The van der Waals surface area contributed by atoms with E-state index < -0.39 is 0 Å². The Kier molecular flexibility index (Phi) is 5.09. The average molecular weight is 596 g/mol. The summed E-state index contributed by atoms with van der Waals surface area (Å²) in [6.45, 7) is 0. The zero-order valence-corrected chi connectivity index (χ0v) is 24.5. The molecule has 10 aromatic rings. The van der Waals surface area contributed by atoms with E-state index in [9.17, 15) is 0 Å². The number of hydrogen-bond acceptors (Lipinski definition) is 6. The van der Waals surface area contributed by atoms with E-state index in [1.807, 2.05) is 72.8 Å². The van der Waals surface area contributed by atoms with E-state index >= 15 is 0 Å². The molecular weight excluding hydrogens is 575 g/mol. The van der Waals surface area contributed by atoms with Crippen molar-refractivity contribution in [3.8, 4) is 34.2 Å². The van der Waals surface area contributed by atoms with Crippen molar-refractivity contribution in [1.82, 2.24) is 15.0 Å². The molecule has 0 aliphatic carbocycles.